The topological polar surface area (TPSA) is 90.5 Å². The van der Waals surface area contributed by atoms with E-state index < -0.39 is 31.1 Å². The summed E-state index contributed by atoms with van der Waals surface area (Å²) in [6.45, 7) is -1.94. The van der Waals surface area contributed by atoms with Gasteiger partial charge in [-0.05, 0) is 0 Å². The molecule has 0 aromatic carbocycles. The quantitative estimate of drug-likeness (QED) is 0.803. The van der Waals surface area contributed by atoms with Gasteiger partial charge in [0.1, 0.15) is 6.54 Å². The number of nitrogens with two attached hydrogens (primary N) is 1. The van der Waals surface area contributed by atoms with Crippen LogP contribution >= 0.6 is 0 Å². The van der Waals surface area contributed by atoms with Gasteiger partial charge in [-0.25, -0.2) is 0 Å². The number of halogens is 3. The van der Waals surface area contributed by atoms with Crippen LogP contribution in [0.15, 0.2) is 6.20 Å². The van der Waals surface area contributed by atoms with Crippen molar-refractivity contribution in [3.8, 4) is 0 Å². The summed E-state index contributed by atoms with van der Waals surface area (Å²) in [4.78, 5) is 23.6. The maximum Gasteiger partial charge on any atom is 0.406 e. The lowest BCUT2D eigenvalue weighted by Gasteiger charge is -2.22. The Morgan fingerprint density at radius 1 is 1.48 bits per heavy atom. The van der Waals surface area contributed by atoms with Gasteiger partial charge in [0.25, 0.3) is 5.91 Å². The van der Waals surface area contributed by atoms with Crippen molar-refractivity contribution in [2.45, 2.75) is 12.6 Å². The molecule has 0 saturated heterocycles. The first-order valence-corrected chi connectivity index (χ1v) is 5.86. The summed E-state index contributed by atoms with van der Waals surface area (Å²) in [6, 6.07) is 0. The fourth-order valence-corrected chi connectivity index (χ4v) is 1.62. The molecule has 0 aliphatic carbocycles. The van der Waals surface area contributed by atoms with Crippen LogP contribution in [-0.2, 0) is 16.6 Å². The molecule has 118 valence electrons. The van der Waals surface area contributed by atoms with Crippen LogP contribution in [0.25, 0.3) is 0 Å². The van der Waals surface area contributed by atoms with Crippen LogP contribution in [0, 0.1) is 0 Å². The van der Waals surface area contributed by atoms with Gasteiger partial charge in [0.05, 0.1) is 19.2 Å². The number of carbonyl (C=O) groups is 2. The monoisotopic (exact) mass is 308 g/mol. The van der Waals surface area contributed by atoms with Crippen LogP contribution in [0.5, 0.6) is 0 Å². The largest absolute Gasteiger partial charge is 0.469 e. The molecule has 7 nitrogen and oxygen atoms in total. The number of amides is 1. The van der Waals surface area contributed by atoms with Gasteiger partial charge in [-0.2, -0.15) is 18.3 Å². The maximum absolute atomic E-state index is 12.5. The molecular formula is C11H15F3N4O3. The Morgan fingerprint density at radius 3 is 2.52 bits per heavy atom. The number of nitrogens with zero attached hydrogens (tertiary/aromatic N) is 3. The third-order valence-corrected chi connectivity index (χ3v) is 2.53. The summed E-state index contributed by atoms with van der Waals surface area (Å²) in [5.74, 6) is -1.71. The number of nitrogen functional groups attached to an aromatic ring is 1. The van der Waals surface area contributed by atoms with E-state index in [9.17, 15) is 22.8 Å². The van der Waals surface area contributed by atoms with Crippen LogP contribution in [0.1, 0.15) is 16.9 Å². The highest BCUT2D eigenvalue weighted by atomic mass is 19.4. The second-order valence-corrected chi connectivity index (χ2v) is 4.27. The zero-order chi connectivity index (χ0) is 16.2. The zero-order valence-electron chi connectivity index (χ0n) is 11.5. The smallest absolute Gasteiger partial charge is 0.406 e. The second-order valence-electron chi connectivity index (χ2n) is 4.27. The van der Waals surface area contributed by atoms with Gasteiger partial charge in [-0.15, -0.1) is 0 Å². The lowest BCUT2D eigenvalue weighted by molar-refractivity contribution is -0.147. The van der Waals surface area contributed by atoms with Crippen molar-refractivity contribution in [1.29, 1.82) is 0 Å². The number of aromatic nitrogens is 2. The molecule has 0 saturated carbocycles. The van der Waals surface area contributed by atoms with E-state index in [1.54, 1.807) is 0 Å². The predicted octanol–water partition coefficient (Wildman–Crippen LogP) is 0.570. The van der Waals surface area contributed by atoms with Crippen molar-refractivity contribution >= 4 is 17.6 Å². The fraction of sp³-hybridized carbons (Fsp3) is 0.545. The lowest BCUT2D eigenvalue weighted by Crippen LogP contribution is -2.40. The number of anilines is 1. The van der Waals surface area contributed by atoms with E-state index in [1.165, 1.54) is 17.9 Å². The van der Waals surface area contributed by atoms with Crippen LogP contribution < -0.4 is 5.73 Å². The van der Waals surface area contributed by atoms with Crippen LogP contribution in [0.2, 0.25) is 0 Å². The van der Waals surface area contributed by atoms with E-state index in [0.29, 0.717) is 4.90 Å². The number of methoxy groups -OCH3 is 1. The van der Waals surface area contributed by atoms with Gasteiger partial charge < -0.3 is 15.4 Å². The van der Waals surface area contributed by atoms with Crippen LogP contribution in [-0.4, -0.2) is 52.9 Å². The van der Waals surface area contributed by atoms with Crippen molar-refractivity contribution in [2.24, 2.45) is 7.05 Å². The first-order chi connectivity index (χ1) is 9.64. The summed E-state index contributed by atoms with van der Waals surface area (Å²) >= 11 is 0. The van der Waals surface area contributed by atoms with E-state index in [-0.39, 0.29) is 17.8 Å². The number of aryl methyl sites for hydroxylation is 1. The number of rotatable bonds is 5. The van der Waals surface area contributed by atoms with Gasteiger partial charge in [0, 0.05) is 19.8 Å². The molecule has 1 aromatic heterocycles. The van der Waals surface area contributed by atoms with Crippen molar-refractivity contribution in [3.63, 3.8) is 0 Å². The van der Waals surface area contributed by atoms with Gasteiger partial charge >= 0.3 is 12.1 Å². The predicted molar refractivity (Wildman–Crippen MR) is 66.2 cm³/mol. The highest BCUT2D eigenvalue weighted by molar-refractivity contribution is 5.97. The minimum absolute atomic E-state index is 0.0345. The Morgan fingerprint density at radius 2 is 2.10 bits per heavy atom. The van der Waals surface area contributed by atoms with Gasteiger partial charge in [0.15, 0.2) is 5.69 Å². The highest BCUT2D eigenvalue weighted by Gasteiger charge is 2.34. The lowest BCUT2D eigenvalue weighted by atomic mass is 10.3. The summed E-state index contributed by atoms with van der Waals surface area (Å²) in [5, 5.41) is 3.73. The SMILES string of the molecule is COC(=O)CCN(CC(F)(F)F)C(=O)c1nn(C)cc1N. The molecule has 0 spiro atoms. The second kappa shape index (κ2) is 6.46. The van der Waals surface area contributed by atoms with E-state index in [4.69, 9.17) is 5.73 Å². The minimum atomic E-state index is -4.60. The average Bonchev–Trinajstić information content (AvgIpc) is 2.70. The molecule has 0 radical (unpaired) electrons. The van der Waals surface area contributed by atoms with E-state index >= 15 is 0 Å². The number of ether oxygens (including phenoxy) is 1. The fourth-order valence-electron chi connectivity index (χ4n) is 1.62. The number of hydrogen-bond donors (Lipinski definition) is 1. The van der Waals surface area contributed by atoms with Crippen molar-refractivity contribution in [3.05, 3.63) is 11.9 Å². The Bertz CT molecular complexity index is 527. The molecule has 0 bridgehead atoms. The maximum atomic E-state index is 12.5. The molecule has 1 amide bonds. The summed E-state index contributed by atoms with van der Waals surface area (Å²) in [5.41, 5.74) is 5.20. The minimum Gasteiger partial charge on any atom is -0.469 e. The van der Waals surface area contributed by atoms with E-state index in [1.807, 2.05) is 0 Å². The first-order valence-electron chi connectivity index (χ1n) is 5.86. The molecular weight excluding hydrogens is 293 g/mol. The standard InChI is InChI=1S/C11H15F3N4O3/c1-17-5-7(15)9(16-17)10(20)18(6-11(12,13)14)4-3-8(19)21-2/h5H,3-4,6,15H2,1-2H3. The molecule has 0 aliphatic rings. The Labute approximate surface area is 118 Å². The Balaban J connectivity index is 2.91. The third-order valence-electron chi connectivity index (χ3n) is 2.53. The molecule has 0 aliphatic heterocycles. The Kier molecular flexibility index (Phi) is 5.17. The van der Waals surface area contributed by atoms with Crippen LogP contribution in [0.3, 0.4) is 0 Å². The molecule has 0 atom stereocenters. The molecule has 1 heterocycles. The molecule has 21 heavy (non-hydrogen) atoms. The zero-order valence-corrected chi connectivity index (χ0v) is 11.5. The number of alkyl halides is 3. The summed E-state index contributed by atoms with van der Waals surface area (Å²) < 4.78 is 43.1. The Hall–Kier alpha value is -2.26. The number of carbonyl (C=O) groups excluding carboxylic acids is 2. The van der Waals surface area contributed by atoms with Gasteiger partial charge in [-0.1, -0.05) is 0 Å². The molecule has 1 aromatic rings. The number of esters is 1. The van der Waals surface area contributed by atoms with Crippen molar-refractivity contribution in [2.75, 3.05) is 25.9 Å². The van der Waals surface area contributed by atoms with Gasteiger partial charge in [0.2, 0.25) is 0 Å². The van der Waals surface area contributed by atoms with E-state index in [0.717, 1.165) is 7.11 Å². The molecule has 10 heteroatoms. The summed E-state index contributed by atoms with van der Waals surface area (Å²) in [6.07, 6.45) is -3.65. The normalized spacial score (nSPS) is 11.3. The number of hydrogen-bond acceptors (Lipinski definition) is 5. The third kappa shape index (κ3) is 4.97. The van der Waals surface area contributed by atoms with Crippen molar-refractivity contribution in [1.82, 2.24) is 14.7 Å². The van der Waals surface area contributed by atoms with E-state index in [2.05, 4.69) is 9.84 Å². The van der Waals surface area contributed by atoms with Gasteiger partial charge in [-0.3, -0.25) is 14.3 Å². The van der Waals surface area contributed by atoms with Crippen molar-refractivity contribution < 1.29 is 27.5 Å². The highest BCUT2D eigenvalue weighted by Crippen LogP contribution is 2.19. The molecule has 1 rings (SSSR count). The van der Waals surface area contributed by atoms with Crippen LogP contribution in [0.4, 0.5) is 18.9 Å². The summed E-state index contributed by atoms with van der Waals surface area (Å²) in [7, 11) is 2.59. The molecule has 0 fully saturated rings. The molecule has 0 unspecified atom stereocenters. The first kappa shape index (κ1) is 16.8. The molecule has 2 N–H and O–H groups in total. The average molecular weight is 308 g/mol.